The number of hydrogen-bond acceptors (Lipinski definition) is 2. The first kappa shape index (κ1) is 70.7. The van der Waals surface area contributed by atoms with Crippen molar-refractivity contribution in [3.05, 3.63) is 237 Å². The molecule has 10 aromatic carbocycles. The lowest BCUT2D eigenvalue weighted by Crippen LogP contribution is -2.12. The van der Waals surface area contributed by atoms with Gasteiger partial charge in [-0.3, -0.25) is 0 Å². The Labute approximate surface area is 552 Å². The standard InChI is InChI=1S/C71H29F27N4/c72-63(73,74)39-5-13-44(52(26-39)68(87,88)89)34-1-9-48-49-10-2-35(45-14-6-40(64(75,76)77)27-53(45)69(90,91)92)23-57(49)101(56(48)22-34)60-19-33(31-100)20-61(62(60)38-17-32(30-99)18-43(21-38)67(84,85)86)102-58-24-36(46-15-7-41(65(78,79)80)28-54(46)70(93,94)95)3-11-50(58)51-12-4-37(25-59(51)102)47-16-8-42(66(81,82)83)29-55(47)71(96,97)98/h1-29H. The highest BCUT2D eigenvalue weighted by atomic mass is 19.4. The number of hydrogen-bond donors (Lipinski definition) is 0. The Hall–Kier alpha value is -11.1. The topological polar surface area (TPSA) is 57.4 Å². The van der Waals surface area contributed by atoms with Crippen LogP contribution >= 0.6 is 0 Å². The predicted molar refractivity (Wildman–Crippen MR) is 317 cm³/mol. The molecule has 0 radical (unpaired) electrons. The highest BCUT2D eigenvalue weighted by molar-refractivity contribution is 6.14. The second kappa shape index (κ2) is 23.8. The summed E-state index contributed by atoms with van der Waals surface area (Å²) in [5.74, 6) is 0. The first-order valence-electron chi connectivity index (χ1n) is 28.7. The van der Waals surface area contributed by atoms with Crippen LogP contribution in [-0.4, -0.2) is 9.13 Å². The van der Waals surface area contributed by atoms with Crippen molar-refractivity contribution in [2.24, 2.45) is 0 Å². The van der Waals surface area contributed by atoms with Crippen LogP contribution < -0.4 is 0 Å². The van der Waals surface area contributed by atoms with Gasteiger partial charge in [-0.25, -0.2) is 0 Å². The zero-order chi connectivity index (χ0) is 74.5. The molecule has 0 saturated carbocycles. The molecular formula is C71H29F27N4. The molecule has 2 aromatic heterocycles. The highest BCUT2D eigenvalue weighted by Gasteiger charge is 2.44. The summed E-state index contributed by atoms with van der Waals surface area (Å²) in [5, 5.41) is 20.6. The molecule has 0 amide bonds. The molecule has 12 aromatic rings. The molecule has 4 nitrogen and oxygen atoms in total. The molecule has 522 valence electrons. The minimum Gasteiger partial charge on any atom is -0.308 e. The molecule has 0 saturated heterocycles. The molecule has 0 unspecified atom stereocenters. The van der Waals surface area contributed by atoms with Crippen LogP contribution in [0.3, 0.4) is 0 Å². The minimum absolute atomic E-state index is 0.235. The monoisotopic (exact) mass is 1450 g/mol. The molecule has 102 heavy (non-hydrogen) atoms. The average molecular weight is 1450 g/mol. The number of fused-ring (bicyclic) bond motifs is 6. The zero-order valence-corrected chi connectivity index (χ0v) is 49.7. The number of rotatable bonds is 7. The molecule has 0 bridgehead atoms. The van der Waals surface area contributed by atoms with Gasteiger partial charge in [-0.05, 0) is 153 Å². The molecule has 0 spiro atoms. The van der Waals surface area contributed by atoms with Crippen LogP contribution in [0.25, 0.3) is 111 Å². The lowest BCUT2D eigenvalue weighted by atomic mass is 9.94. The van der Waals surface area contributed by atoms with Crippen LogP contribution in [0.1, 0.15) is 61.2 Å². The van der Waals surface area contributed by atoms with Crippen molar-refractivity contribution in [2.75, 3.05) is 0 Å². The second-order valence-corrected chi connectivity index (χ2v) is 23.0. The van der Waals surface area contributed by atoms with E-state index < -0.39 is 206 Å². The van der Waals surface area contributed by atoms with E-state index in [9.17, 15) is 63.2 Å². The number of nitrogens with zero attached hydrogens (tertiary/aromatic N) is 4. The van der Waals surface area contributed by atoms with Crippen LogP contribution in [0.5, 0.6) is 0 Å². The average Bonchev–Trinajstić information content (AvgIpc) is 1.56. The summed E-state index contributed by atoms with van der Waals surface area (Å²) in [6.07, 6.45) is -49.7. The number of nitriles is 2. The summed E-state index contributed by atoms with van der Waals surface area (Å²) in [7, 11) is 0. The summed E-state index contributed by atoms with van der Waals surface area (Å²) >= 11 is 0. The normalized spacial score (nSPS) is 13.2. The Morgan fingerprint density at radius 1 is 0.225 bits per heavy atom. The summed E-state index contributed by atoms with van der Waals surface area (Å²) in [4.78, 5) is 0. The first-order valence-corrected chi connectivity index (χ1v) is 28.7. The van der Waals surface area contributed by atoms with E-state index in [1.54, 1.807) is 6.07 Å². The molecule has 0 aliphatic carbocycles. The van der Waals surface area contributed by atoms with Crippen molar-refractivity contribution in [3.63, 3.8) is 0 Å². The number of alkyl halides is 27. The largest absolute Gasteiger partial charge is 0.417 e. The maximum absolute atomic E-state index is 15.4. The van der Waals surface area contributed by atoms with Crippen molar-refractivity contribution in [3.8, 4) is 79.1 Å². The van der Waals surface area contributed by atoms with E-state index in [0.717, 1.165) is 100 Å². The van der Waals surface area contributed by atoms with E-state index >= 15 is 65.9 Å². The maximum Gasteiger partial charge on any atom is 0.417 e. The van der Waals surface area contributed by atoms with Crippen molar-refractivity contribution >= 4 is 43.6 Å². The first-order chi connectivity index (χ1) is 47.1. The fraction of sp³-hybridized carbons (Fsp3) is 0.127. The number of halogens is 27. The summed E-state index contributed by atoms with van der Waals surface area (Å²) in [5.41, 5.74) is -30.6. The minimum atomic E-state index is -5.64. The van der Waals surface area contributed by atoms with E-state index in [0.29, 0.717) is 36.4 Å². The van der Waals surface area contributed by atoms with Crippen LogP contribution in [0.4, 0.5) is 119 Å². The van der Waals surface area contributed by atoms with Gasteiger partial charge in [0, 0.05) is 27.1 Å². The molecule has 31 heteroatoms. The Morgan fingerprint density at radius 3 is 0.696 bits per heavy atom. The maximum atomic E-state index is 15.4. The van der Waals surface area contributed by atoms with Gasteiger partial charge in [0.2, 0.25) is 0 Å². The summed E-state index contributed by atoms with van der Waals surface area (Å²) < 4.78 is 399. The van der Waals surface area contributed by atoms with E-state index in [2.05, 4.69) is 0 Å². The quantitative estimate of drug-likeness (QED) is 0.149. The molecule has 0 atom stereocenters. The summed E-state index contributed by atoms with van der Waals surface area (Å²) in [6.45, 7) is 0. The lowest BCUT2D eigenvalue weighted by Gasteiger charge is -2.23. The van der Waals surface area contributed by atoms with E-state index in [4.69, 9.17) is 0 Å². The van der Waals surface area contributed by atoms with Crippen LogP contribution in [-0.2, 0) is 55.6 Å². The van der Waals surface area contributed by atoms with Gasteiger partial charge >= 0.3 is 55.6 Å². The van der Waals surface area contributed by atoms with Gasteiger partial charge in [0.25, 0.3) is 0 Å². The van der Waals surface area contributed by atoms with Gasteiger partial charge < -0.3 is 9.13 Å². The Morgan fingerprint density at radius 2 is 0.471 bits per heavy atom. The predicted octanol–water partition coefficient (Wildman–Crippen LogP) is 25.1. The van der Waals surface area contributed by atoms with E-state index in [1.807, 2.05) is 0 Å². The number of aromatic nitrogens is 2. The molecule has 0 N–H and O–H groups in total. The molecule has 12 rings (SSSR count). The molecule has 0 aliphatic heterocycles. The molecule has 0 aliphatic rings. The third kappa shape index (κ3) is 12.9. The fourth-order valence-corrected chi connectivity index (χ4v) is 12.4. The van der Waals surface area contributed by atoms with Crippen molar-refractivity contribution in [1.29, 1.82) is 10.5 Å². The molecule has 0 fully saturated rings. The SMILES string of the molecule is N#Cc1cc(-c2c(-n3c4cc(-c5ccc(C(F)(F)F)cc5C(F)(F)F)ccc4c4ccc(-c5ccc(C(F)(F)F)cc5C(F)(F)F)cc43)cc(C#N)cc2-n2c3cc(-c4ccc(C(F)(F)F)cc4C(F)(F)F)ccc3c3ccc(-c4ccc(C(F)(F)F)cc4C(F)(F)F)cc32)cc(C(F)(F)F)c1. The lowest BCUT2D eigenvalue weighted by molar-refractivity contribution is -0.144. The molecular weight excluding hydrogens is 1420 g/mol. The Kier molecular flexibility index (Phi) is 16.5. The van der Waals surface area contributed by atoms with Gasteiger partial charge in [-0.2, -0.15) is 129 Å². The van der Waals surface area contributed by atoms with Crippen LogP contribution in [0.2, 0.25) is 0 Å². The van der Waals surface area contributed by atoms with Crippen molar-refractivity contribution in [2.45, 2.75) is 55.6 Å². The Bertz CT molecular complexity index is 4970. The van der Waals surface area contributed by atoms with E-state index in [1.165, 1.54) is 6.07 Å². The van der Waals surface area contributed by atoms with Crippen molar-refractivity contribution in [1.82, 2.24) is 9.13 Å². The highest BCUT2D eigenvalue weighted by Crippen LogP contribution is 2.52. The van der Waals surface area contributed by atoms with Gasteiger partial charge in [-0.15, -0.1) is 0 Å². The van der Waals surface area contributed by atoms with Crippen LogP contribution in [0.15, 0.2) is 176 Å². The number of benzene rings is 10. The third-order valence-electron chi connectivity index (χ3n) is 16.8. The second-order valence-electron chi connectivity index (χ2n) is 23.0. The molecule has 2 heterocycles. The van der Waals surface area contributed by atoms with Gasteiger partial charge in [-0.1, -0.05) is 72.8 Å². The zero-order valence-electron chi connectivity index (χ0n) is 49.7. The van der Waals surface area contributed by atoms with E-state index in [-0.39, 0.29) is 70.1 Å². The third-order valence-corrected chi connectivity index (χ3v) is 16.8. The summed E-state index contributed by atoms with van der Waals surface area (Å²) in [6, 6.07) is 18.7. The fourth-order valence-electron chi connectivity index (χ4n) is 12.4. The van der Waals surface area contributed by atoms with Gasteiger partial charge in [0.05, 0.1) is 107 Å². The van der Waals surface area contributed by atoms with Gasteiger partial charge in [0.1, 0.15) is 0 Å². The van der Waals surface area contributed by atoms with Crippen molar-refractivity contribution < 1.29 is 119 Å². The smallest absolute Gasteiger partial charge is 0.308 e. The van der Waals surface area contributed by atoms with Gasteiger partial charge in [0.15, 0.2) is 0 Å². The van der Waals surface area contributed by atoms with Crippen LogP contribution in [0, 0.1) is 22.7 Å². The Balaban J connectivity index is 1.31.